The molecule has 1 aromatic carbocycles. The van der Waals surface area contributed by atoms with Crippen molar-refractivity contribution in [1.82, 2.24) is 14.3 Å². The summed E-state index contributed by atoms with van der Waals surface area (Å²) in [7, 11) is 0. The lowest BCUT2D eigenvalue weighted by atomic mass is 10.1. The molecule has 3 heterocycles. The van der Waals surface area contributed by atoms with Gasteiger partial charge in [-0.15, -0.1) is 0 Å². The number of hydrogen-bond acceptors (Lipinski definition) is 2. The summed E-state index contributed by atoms with van der Waals surface area (Å²) in [6.07, 6.45) is 2.76. The Hall–Kier alpha value is -2.33. The molecule has 1 aliphatic rings. The van der Waals surface area contributed by atoms with E-state index in [9.17, 15) is 4.79 Å². The van der Waals surface area contributed by atoms with Crippen LogP contribution in [0.1, 0.15) is 21.7 Å². The summed E-state index contributed by atoms with van der Waals surface area (Å²) in [5, 5.41) is 0.497. The van der Waals surface area contributed by atoms with Crippen LogP contribution >= 0.6 is 11.6 Å². The molecule has 0 aliphatic carbocycles. The van der Waals surface area contributed by atoms with Gasteiger partial charge in [-0.05, 0) is 24.3 Å². The molecule has 2 aromatic heterocycles. The van der Waals surface area contributed by atoms with Crippen LogP contribution in [0.4, 0.5) is 0 Å². The summed E-state index contributed by atoms with van der Waals surface area (Å²) in [5.74, 6) is -0.0258. The van der Waals surface area contributed by atoms with Crippen molar-refractivity contribution >= 4 is 23.2 Å². The molecule has 110 valence electrons. The van der Waals surface area contributed by atoms with E-state index in [0.29, 0.717) is 23.7 Å². The second kappa shape index (κ2) is 5.14. The van der Waals surface area contributed by atoms with Gasteiger partial charge in [0.05, 0.1) is 28.5 Å². The van der Waals surface area contributed by atoms with Gasteiger partial charge in [0.1, 0.15) is 5.65 Å². The topological polar surface area (TPSA) is 37.6 Å². The molecule has 0 bridgehead atoms. The van der Waals surface area contributed by atoms with Crippen molar-refractivity contribution in [3.63, 3.8) is 0 Å². The van der Waals surface area contributed by atoms with Crippen LogP contribution in [0.25, 0.3) is 5.65 Å². The highest BCUT2D eigenvalue weighted by molar-refractivity contribution is 6.33. The van der Waals surface area contributed by atoms with E-state index in [2.05, 4.69) is 9.38 Å². The SMILES string of the molecule is O=C(c1ccccc1Cl)N1CCc2nc3ccccn3c2C1. The fourth-order valence-corrected chi connectivity index (χ4v) is 3.16. The van der Waals surface area contributed by atoms with Crippen molar-refractivity contribution in [2.75, 3.05) is 6.54 Å². The van der Waals surface area contributed by atoms with Crippen LogP contribution in [0.2, 0.25) is 5.02 Å². The van der Waals surface area contributed by atoms with Crippen LogP contribution in [-0.2, 0) is 13.0 Å². The van der Waals surface area contributed by atoms with Gasteiger partial charge in [-0.25, -0.2) is 4.98 Å². The number of fused-ring (bicyclic) bond motifs is 3. The Balaban J connectivity index is 1.70. The number of nitrogens with zero attached hydrogens (tertiary/aromatic N) is 3. The zero-order chi connectivity index (χ0) is 15.1. The number of carbonyl (C=O) groups is 1. The Morgan fingerprint density at radius 2 is 1.95 bits per heavy atom. The molecule has 0 saturated carbocycles. The lowest BCUT2D eigenvalue weighted by Gasteiger charge is -2.27. The molecule has 3 aromatic rings. The predicted octanol–water partition coefficient (Wildman–Crippen LogP) is 3.19. The maximum atomic E-state index is 12.7. The van der Waals surface area contributed by atoms with Crippen LogP contribution in [-0.4, -0.2) is 26.7 Å². The minimum absolute atomic E-state index is 0.0258. The van der Waals surface area contributed by atoms with Crippen LogP contribution in [0.3, 0.4) is 0 Å². The van der Waals surface area contributed by atoms with Gasteiger partial charge in [0.25, 0.3) is 5.91 Å². The van der Waals surface area contributed by atoms with E-state index in [0.717, 1.165) is 23.5 Å². The number of aromatic nitrogens is 2. The Kier molecular flexibility index (Phi) is 3.12. The number of imidazole rings is 1. The summed E-state index contributed by atoms with van der Waals surface area (Å²) >= 11 is 6.15. The van der Waals surface area contributed by atoms with E-state index in [-0.39, 0.29) is 5.91 Å². The summed E-state index contributed by atoms with van der Waals surface area (Å²) < 4.78 is 2.06. The van der Waals surface area contributed by atoms with E-state index in [4.69, 9.17) is 11.6 Å². The molecule has 0 saturated heterocycles. The lowest BCUT2D eigenvalue weighted by molar-refractivity contribution is 0.0731. The van der Waals surface area contributed by atoms with Crippen LogP contribution < -0.4 is 0 Å². The predicted molar refractivity (Wildman–Crippen MR) is 85.1 cm³/mol. The van der Waals surface area contributed by atoms with Gasteiger partial charge >= 0.3 is 0 Å². The third kappa shape index (κ3) is 2.07. The van der Waals surface area contributed by atoms with Gasteiger partial charge in [-0.1, -0.05) is 29.8 Å². The van der Waals surface area contributed by atoms with Crippen LogP contribution in [0.15, 0.2) is 48.7 Å². The second-order valence-corrected chi connectivity index (χ2v) is 5.80. The van der Waals surface area contributed by atoms with E-state index in [1.807, 2.05) is 41.4 Å². The molecule has 0 radical (unpaired) electrons. The Bertz CT molecular complexity index is 871. The molecule has 1 amide bonds. The van der Waals surface area contributed by atoms with Crippen molar-refractivity contribution in [2.45, 2.75) is 13.0 Å². The third-order valence-corrected chi connectivity index (χ3v) is 4.39. The number of rotatable bonds is 1. The fraction of sp³-hybridized carbons (Fsp3) is 0.176. The Morgan fingerprint density at radius 1 is 1.14 bits per heavy atom. The van der Waals surface area contributed by atoms with E-state index >= 15 is 0 Å². The standard InChI is InChI=1S/C17H14ClN3O/c18-13-6-2-1-5-12(13)17(22)20-10-8-14-15(11-20)21-9-4-3-7-16(21)19-14/h1-7,9H,8,10-11H2. The van der Waals surface area contributed by atoms with E-state index in [1.165, 1.54) is 0 Å². The largest absolute Gasteiger partial charge is 0.332 e. The number of benzene rings is 1. The molecule has 1 aliphatic heterocycles. The molecule has 22 heavy (non-hydrogen) atoms. The van der Waals surface area contributed by atoms with Crippen LogP contribution in [0, 0.1) is 0 Å². The van der Waals surface area contributed by atoms with E-state index < -0.39 is 0 Å². The molecule has 0 atom stereocenters. The highest BCUT2D eigenvalue weighted by Gasteiger charge is 2.26. The van der Waals surface area contributed by atoms with Crippen molar-refractivity contribution < 1.29 is 4.79 Å². The summed E-state index contributed by atoms with van der Waals surface area (Å²) in [4.78, 5) is 19.2. The smallest absolute Gasteiger partial charge is 0.255 e. The van der Waals surface area contributed by atoms with Gasteiger partial charge in [0, 0.05) is 19.2 Å². The van der Waals surface area contributed by atoms with Crippen molar-refractivity contribution in [3.05, 3.63) is 70.6 Å². The number of pyridine rings is 1. The maximum absolute atomic E-state index is 12.7. The van der Waals surface area contributed by atoms with E-state index in [1.54, 1.807) is 12.1 Å². The van der Waals surface area contributed by atoms with Crippen LogP contribution in [0.5, 0.6) is 0 Å². The highest BCUT2D eigenvalue weighted by Crippen LogP contribution is 2.24. The minimum atomic E-state index is -0.0258. The minimum Gasteiger partial charge on any atom is -0.332 e. The molecule has 4 rings (SSSR count). The molecule has 0 N–H and O–H groups in total. The summed E-state index contributed by atoms with van der Waals surface area (Å²) in [5.41, 5.74) is 3.65. The van der Waals surface area contributed by atoms with Gasteiger partial charge < -0.3 is 9.30 Å². The Labute approximate surface area is 133 Å². The monoisotopic (exact) mass is 311 g/mol. The number of amides is 1. The quantitative estimate of drug-likeness (QED) is 0.692. The molecule has 0 spiro atoms. The first kappa shape index (κ1) is 13.3. The van der Waals surface area contributed by atoms with Gasteiger partial charge in [0.2, 0.25) is 0 Å². The fourth-order valence-electron chi connectivity index (χ4n) is 2.94. The van der Waals surface area contributed by atoms with Gasteiger partial charge in [-0.2, -0.15) is 0 Å². The average Bonchev–Trinajstić information content (AvgIpc) is 2.92. The molecular formula is C17H14ClN3O. The van der Waals surface area contributed by atoms with Crippen molar-refractivity contribution in [1.29, 1.82) is 0 Å². The summed E-state index contributed by atoms with van der Waals surface area (Å²) in [6.45, 7) is 1.23. The maximum Gasteiger partial charge on any atom is 0.255 e. The first-order valence-corrected chi connectivity index (χ1v) is 7.60. The first-order chi connectivity index (χ1) is 10.7. The molecule has 0 unspecified atom stereocenters. The third-order valence-electron chi connectivity index (χ3n) is 4.06. The van der Waals surface area contributed by atoms with Gasteiger partial charge in [-0.3, -0.25) is 4.79 Å². The zero-order valence-electron chi connectivity index (χ0n) is 11.9. The normalized spacial score (nSPS) is 14.1. The zero-order valence-corrected chi connectivity index (χ0v) is 12.6. The van der Waals surface area contributed by atoms with Gasteiger partial charge in [0.15, 0.2) is 0 Å². The number of hydrogen-bond donors (Lipinski definition) is 0. The molecule has 5 heteroatoms. The first-order valence-electron chi connectivity index (χ1n) is 7.22. The molecular weight excluding hydrogens is 298 g/mol. The van der Waals surface area contributed by atoms with Crippen molar-refractivity contribution in [3.8, 4) is 0 Å². The number of halogens is 1. The Morgan fingerprint density at radius 3 is 2.82 bits per heavy atom. The average molecular weight is 312 g/mol. The summed E-state index contributed by atoms with van der Waals surface area (Å²) in [6, 6.07) is 13.1. The number of carbonyl (C=O) groups excluding carboxylic acids is 1. The van der Waals surface area contributed by atoms with Crippen molar-refractivity contribution in [2.24, 2.45) is 0 Å². The highest BCUT2D eigenvalue weighted by atomic mass is 35.5. The molecule has 4 nitrogen and oxygen atoms in total. The molecule has 0 fully saturated rings. The second-order valence-electron chi connectivity index (χ2n) is 5.39. The lowest BCUT2D eigenvalue weighted by Crippen LogP contribution is -2.36.